The van der Waals surface area contributed by atoms with Crippen LogP contribution in [0.2, 0.25) is 0 Å². The van der Waals surface area contributed by atoms with Crippen LogP contribution < -0.4 is 0 Å². The Kier molecular flexibility index (Phi) is 9.10. The summed E-state index contributed by atoms with van der Waals surface area (Å²) < 4.78 is 32.4. The van der Waals surface area contributed by atoms with Crippen LogP contribution in [0.5, 0.6) is 0 Å². The highest BCUT2D eigenvalue weighted by atomic mass is 32.2. The summed E-state index contributed by atoms with van der Waals surface area (Å²) in [6.45, 7) is 11.1. The van der Waals surface area contributed by atoms with Crippen molar-refractivity contribution in [3.8, 4) is 0 Å². The van der Waals surface area contributed by atoms with Crippen molar-refractivity contribution in [3.63, 3.8) is 0 Å². The minimum absolute atomic E-state index is 0.136. The molecule has 0 fully saturated rings. The van der Waals surface area contributed by atoms with Gasteiger partial charge in [-0.25, -0.2) is 13.4 Å². The minimum atomic E-state index is -3.38. The molecule has 0 radical (unpaired) electrons. The molecule has 1 aromatic rings. The van der Waals surface area contributed by atoms with E-state index in [1.807, 2.05) is 18.4 Å². The van der Waals surface area contributed by atoms with Crippen molar-refractivity contribution < 1.29 is 13.2 Å². The molecule has 25 heavy (non-hydrogen) atoms. The zero-order valence-corrected chi connectivity index (χ0v) is 17.5. The molecule has 0 aliphatic carbocycles. The number of ether oxygens (including phenoxy) is 1. The third-order valence-corrected chi connectivity index (χ3v) is 5.84. The molecule has 6 nitrogen and oxygen atoms in total. The van der Waals surface area contributed by atoms with Crippen LogP contribution in [0.15, 0.2) is 11.4 Å². The maximum absolute atomic E-state index is 12.7. The summed E-state index contributed by atoms with van der Waals surface area (Å²) in [5, 5.41) is 0.178. The van der Waals surface area contributed by atoms with Crippen LogP contribution in [-0.2, 0) is 27.7 Å². The highest BCUT2D eigenvalue weighted by Gasteiger charge is 2.23. The van der Waals surface area contributed by atoms with Gasteiger partial charge in [-0.2, -0.15) is 0 Å². The van der Waals surface area contributed by atoms with Crippen molar-refractivity contribution in [1.82, 2.24) is 14.5 Å². The molecule has 0 unspecified atom stereocenters. The summed E-state index contributed by atoms with van der Waals surface area (Å²) in [7, 11) is 0.303. The zero-order valence-electron chi connectivity index (χ0n) is 16.7. The second-order valence-corrected chi connectivity index (χ2v) is 9.60. The number of hydrogen-bond donors (Lipinski definition) is 0. The molecule has 0 spiro atoms. The van der Waals surface area contributed by atoms with Gasteiger partial charge in [0.1, 0.15) is 0 Å². The van der Waals surface area contributed by atoms with Crippen molar-refractivity contribution in [1.29, 1.82) is 0 Å². The maximum atomic E-state index is 12.7. The van der Waals surface area contributed by atoms with Gasteiger partial charge < -0.3 is 14.2 Å². The topological polar surface area (TPSA) is 64.4 Å². The van der Waals surface area contributed by atoms with Gasteiger partial charge in [0.15, 0.2) is 0 Å². The van der Waals surface area contributed by atoms with E-state index in [-0.39, 0.29) is 10.9 Å². The smallest absolute Gasteiger partial charge is 0.227 e. The number of sulfone groups is 1. The van der Waals surface area contributed by atoms with E-state index < -0.39 is 9.84 Å². The van der Waals surface area contributed by atoms with Crippen molar-refractivity contribution in [3.05, 3.63) is 11.9 Å². The van der Waals surface area contributed by atoms with Gasteiger partial charge in [-0.05, 0) is 38.3 Å². The lowest BCUT2D eigenvalue weighted by atomic mass is 10.1. The molecule has 0 aromatic carbocycles. The molecular formula is C18H35N3O3S. The van der Waals surface area contributed by atoms with Crippen molar-refractivity contribution in [2.24, 2.45) is 11.8 Å². The molecule has 0 bridgehead atoms. The van der Waals surface area contributed by atoms with E-state index in [1.54, 1.807) is 13.3 Å². The Hall–Kier alpha value is -0.920. The minimum Gasteiger partial charge on any atom is -0.383 e. The molecule has 0 saturated heterocycles. The van der Waals surface area contributed by atoms with Crippen molar-refractivity contribution in [2.75, 3.05) is 33.1 Å². The SMILES string of the molecule is COCCn1c(CN(C)CCC(C)C)cnc1S(=O)(=O)CCC(C)C. The third kappa shape index (κ3) is 7.46. The Balaban J connectivity index is 2.97. The van der Waals surface area contributed by atoms with E-state index in [1.165, 1.54) is 0 Å². The van der Waals surface area contributed by atoms with Crippen LogP contribution in [0, 0.1) is 11.8 Å². The summed E-state index contributed by atoms with van der Waals surface area (Å²) in [4.78, 5) is 6.47. The summed E-state index contributed by atoms with van der Waals surface area (Å²) in [5.74, 6) is 1.13. The second-order valence-electron chi connectivity index (χ2n) is 7.60. The average molecular weight is 374 g/mol. The number of methoxy groups -OCH3 is 1. The number of hydrogen-bond acceptors (Lipinski definition) is 5. The molecule has 0 saturated carbocycles. The summed E-state index contributed by atoms with van der Waals surface area (Å²) in [5.41, 5.74) is 0.923. The summed E-state index contributed by atoms with van der Waals surface area (Å²) in [6.07, 6.45) is 3.45. The summed E-state index contributed by atoms with van der Waals surface area (Å²) >= 11 is 0. The van der Waals surface area contributed by atoms with E-state index >= 15 is 0 Å². The lowest BCUT2D eigenvalue weighted by Crippen LogP contribution is -2.24. The first kappa shape index (κ1) is 22.1. The number of imidazole rings is 1. The van der Waals surface area contributed by atoms with E-state index in [2.05, 4.69) is 30.8 Å². The van der Waals surface area contributed by atoms with Gasteiger partial charge in [-0.15, -0.1) is 0 Å². The van der Waals surface area contributed by atoms with E-state index in [9.17, 15) is 8.42 Å². The van der Waals surface area contributed by atoms with Crippen molar-refractivity contribution in [2.45, 2.75) is 58.8 Å². The van der Waals surface area contributed by atoms with Gasteiger partial charge in [-0.3, -0.25) is 0 Å². The molecule has 1 rings (SSSR count). The number of aromatic nitrogens is 2. The molecule has 0 aliphatic rings. The van der Waals surface area contributed by atoms with E-state index in [0.717, 1.165) is 18.7 Å². The molecule has 0 aliphatic heterocycles. The fourth-order valence-corrected chi connectivity index (χ4v) is 4.23. The van der Waals surface area contributed by atoms with Crippen LogP contribution in [0.4, 0.5) is 0 Å². The lowest BCUT2D eigenvalue weighted by molar-refractivity contribution is 0.182. The quantitative estimate of drug-likeness (QED) is 0.564. The Morgan fingerprint density at radius 1 is 1.20 bits per heavy atom. The number of nitrogens with zero attached hydrogens (tertiary/aromatic N) is 3. The van der Waals surface area contributed by atoms with Crippen LogP contribution >= 0.6 is 0 Å². The average Bonchev–Trinajstić information content (AvgIpc) is 2.92. The first-order valence-electron chi connectivity index (χ1n) is 9.12. The van der Waals surface area contributed by atoms with E-state index in [0.29, 0.717) is 38.0 Å². The third-order valence-electron chi connectivity index (χ3n) is 4.18. The fraction of sp³-hybridized carbons (Fsp3) is 0.833. The molecule has 7 heteroatoms. The van der Waals surface area contributed by atoms with E-state index in [4.69, 9.17) is 4.74 Å². The fourth-order valence-electron chi connectivity index (χ4n) is 2.50. The Labute approximate surface area is 153 Å². The Morgan fingerprint density at radius 3 is 2.40 bits per heavy atom. The monoisotopic (exact) mass is 373 g/mol. The predicted octanol–water partition coefficient (Wildman–Crippen LogP) is 2.83. The van der Waals surface area contributed by atoms with Gasteiger partial charge in [0.05, 0.1) is 24.3 Å². The van der Waals surface area contributed by atoms with Crippen LogP contribution in [0.25, 0.3) is 0 Å². The maximum Gasteiger partial charge on any atom is 0.227 e. The molecule has 0 atom stereocenters. The van der Waals surface area contributed by atoms with Crippen LogP contribution in [0.1, 0.15) is 46.2 Å². The number of rotatable bonds is 12. The molecule has 1 aromatic heterocycles. The van der Waals surface area contributed by atoms with Gasteiger partial charge in [0.2, 0.25) is 15.0 Å². The van der Waals surface area contributed by atoms with Gasteiger partial charge in [-0.1, -0.05) is 27.7 Å². The first-order chi connectivity index (χ1) is 11.7. The molecule has 0 amide bonds. The Morgan fingerprint density at radius 2 is 1.84 bits per heavy atom. The molecule has 1 heterocycles. The van der Waals surface area contributed by atoms with Crippen LogP contribution in [-0.4, -0.2) is 55.9 Å². The summed E-state index contributed by atoms with van der Waals surface area (Å²) in [6, 6.07) is 0. The van der Waals surface area contributed by atoms with Gasteiger partial charge in [0.25, 0.3) is 0 Å². The highest BCUT2D eigenvalue weighted by molar-refractivity contribution is 7.91. The van der Waals surface area contributed by atoms with Crippen molar-refractivity contribution >= 4 is 9.84 Å². The predicted molar refractivity (Wildman–Crippen MR) is 101 cm³/mol. The highest BCUT2D eigenvalue weighted by Crippen LogP contribution is 2.17. The molecular weight excluding hydrogens is 338 g/mol. The first-order valence-corrected chi connectivity index (χ1v) is 10.8. The zero-order chi connectivity index (χ0) is 19.0. The van der Waals surface area contributed by atoms with Gasteiger partial charge >= 0.3 is 0 Å². The molecule has 146 valence electrons. The normalized spacial score (nSPS) is 12.7. The van der Waals surface area contributed by atoms with Crippen LogP contribution in [0.3, 0.4) is 0 Å². The molecule has 0 N–H and O–H groups in total. The largest absolute Gasteiger partial charge is 0.383 e. The second kappa shape index (κ2) is 10.3. The lowest BCUT2D eigenvalue weighted by Gasteiger charge is -2.19. The Bertz CT molecular complexity index is 609. The van der Waals surface area contributed by atoms with Gasteiger partial charge in [0, 0.05) is 20.2 Å². The standard InChI is InChI=1S/C18H35N3O3S/c1-15(2)7-9-20(5)14-17-13-19-18(21(17)10-11-24-6)25(22,23)12-8-16(3)4/h13,15-16H,7-12,14H2,1-6H3.